The molecule has 0 atom stereocenters. The first-order chi connectivity index (χ1) is 5.86. The third-order valence-electron chi connectivity index (χ3n) is 1.45. The molecule has 1 rings (SSSR count). The molecular weight excluding hydrogens is 150 g/mol. The van der Waals surface area contributed by atoms with E-state index in [-0.39, 0.29) is 0 Å². The van der Waals surface area contributed by atoms with Gasteiger partial charge in [0.1, 0.15) is 0 Å². The van der Waals surface area contributed by atoms with E-state index < -0.39 is 0 Å². The van der Waals surface area contributed by atoms with E-state index in [2.05, 4.69) is 5.32 Å². The van der Waals surface area contributed by atoms with Gasteiger partial charge in [-0.05, 0) is 17.7 Å². The Morgan fingerprint density at radius 3 is 2.33 bits per heavy atom. The Hall–Kier alpha value is -2.00. The maximum atomic E-state index is 8.49. The largest absolute Gasteiger partial charge is 0.319 e. The highest BCUT2D eigenvalue weighted by molar-refractivity contribution is 5.31. The van der Waals surface area contributed by atoms with Crippen LogP contribution in [0.25, 0.3) is 0 Å². The summed E-state index contributed by atoms with van der Waals surface area (Å²) in [6, 6.07) is 9.13. The van der Waals surface area contributed by atoms with E-state index in [0.29, 0.717) is 12.1 Å². The van der Waals surface area contributed by atoms with Crippen molar-refractivity contribution in [3.05, 3.63) is 35.4 Å². The van der Waals surface area contributed by atoms with Crippen molar-refractivity contribution in [2.75, 3.05) is 0 Å². The molecule has 1 aromatic rings. The molecule has 12 heavy (non-hydrogen) atoms. The predicted molar refractivity (Wildman–Crippen MR) is 43.6 cm³/mol. The highest BCUT2D eigenvalue weighted by Crippen LogP contribution is 2.02. The van der Waals surface area contributed by atoms with Crippen molar-refractivity contribution in [1.29, 1.82) is 10.5 Å². The van der Waals surface area contributed by atoms with Crippen LogP contribution in [0.2, 0.25) is 0 Å². The summed E-state index contributed by atoms with van der Waals surface area (Å²) >= 11 is 0. The van der Waals surface area contributed by atoms with Crippen molar-refractivity contribution in [3.63, 3.8) is 0 Å². The first kappa shape index (κ1) is 8.10. The number of hydrogen-bond acceptors (Lipinski definition) is 3. The van der Waals surface area contributed by atoms with Crippen LogP contribution in [0.5, 0.6) is 0 Å². The molecule has 0 saturated heterocycles. The van der Waals surface area contributed by atoms with Crippen molar-refractivity contribution in [1.82, 2.24) is 5.32 Å². The number of benzene rings is 1. The van der Waals surface area contributed by atoms with Crippen LogP contribution in [0.15, 0.2) is 24.3 Å². The van der Waals surface area contributed by atoms with Gasteiger partial charge in [-0.15, -0.1) is 0 Å². The molecule has 0 amide bonds. The average molecular weight is 157 g/mol. The zero-order chi connectivity index (χ0) is 8.81. The van der Waals surface area contributed by atoms with Gasteiger partial charge in [-0.1, -0.05) is 12.1 Å². The van der Waals surface area contributed by atoms with E-state index in [1.165, 1.54) is 0 Å². The van der Waals surface area contributed by atoms with E-state index in [0.717, 1.165) is 5.56 Å². The van der Waals surface area contributed by atoms with Gasteiger partial charge in [0.15, 0.2) is 6.19 Å². The maximum absolute atomic E-state index is 8.49. The molecule has 0 spiro atoms. The van der Waals surface area contributed by atoms with Crippen molar-refractivity contribution in [2.45, 2.75) is 6.54 Å². The number of nitrogens with zero attached hydrogens (tertiary/aromatic N) is 2. The van der Waals surface area contributed by atoms with E-state index >= 15 is 0 Å². The molecule has 0 aromatic heterocycles. The van der Waals surface area contributed by atoms with E-state index in [9.17, 15) is 0 Å². The van der Waals surface area contributed by atoms with Crippen LogP contribution in [0.1, 0.15) is 11.1 Å². The molecule has 0 unspecified atom stereocenters. The molecule has 0 aliphatic carbocycles. The molecular formula is C9H7N3. The lowest BCUT2D eigenvalue weighted by Crippen LogP contribution is -2.03. The second-order valence-electron chi connectivity index (χ2n) is 2.27. The molecule has 3 nitrogen and oxygen atoms in total. The smallest absolute Gasteiger partial charge is 0.176 e. The minimum absolute atomic E-state index is 0.516. The zero-order valence-electron chi connectivity index (χ0n) is 6.41. The molecule has 1 aromatic carbocycles. The molecule has 0 aliphatic heterocycles. The summed E-state index contributed by atoms with van der Waals surface area (Å²) < 4.78 is 0. The molecule has 3 heteroatoms. The van der Waals surface area contributed by atoms with Gasteiger partial charge in [0, 0.05) is 6.54 Å². The van der Waals surface area contributed by atoms with Crippen LogP contribution in [0, 0.1) is 22.8 Å². The normalized spacial score (nSPS) is 8.17. The Kier molecular flexibility index (Phi) is 2.70. The molecule has 1 N–H and O–H groups in total. The maximum Gasteiger partial charge on any atom is 0.176 e. The summed E-state index contributed by atoms with van der Waals surface area (Å²) in [5, 5.41) is 19.2. The Labute approximate surface area is 70.9 Å². The highest BCUT2D eigenvalue weighted by atomic mass is 14.8. The summed E-state index contributed by atoms with van der Waals surface area (Å²) in [6.45, 7) is 0.516. The zero-order valence-corrected chi connectivity index (χ0v) is 6.41. The lowest BCUT2D eigenvalue weighted by atomic mass is 10.1. The predicted octanol–water partition coefficient (Wildman–Crippen LogP) is 1.13. The molecule has 0 saturated carbocycles. The fourth-order valence-corrected chi connectivity index (χ4v) is 0.839. The lowest BCUT2D eigenvalue weighted by molar-refractivity contribution is 0.884. The third kappa shape index (κ3) is 2.00. The molecule has 0 aliphatic rings. The van der Waals surface area contributed by atoms with Gasteiger partial charge in [-0.3, -0.25) is 0 Å². The SMILES string of the molecule is N#CNCc1ccc(C#N)cc1. The molecule has 58 valence electrons. The highest BCUT2D eigenvalue weighted by Gasteiger charge is 1.91. The van der Waals surface area contributed by atoms with Crippen LogP contribution < -0.4 is 5.32 Å². The molecule has 0 heterocycles. The second-order valence-corrected chi connectivity index (χ2v) is 2.27. The van der Waals surface area contributed by atoms with Gasteiger partial charge in [0.25, 0.3) is 0 Å². The molecule has 0 bridgehead atoms. The number of hydrogen-bond donors (Lipinski definition) is 1. The van der Waals surface area contributed by atoms with Crippen molar-refractivity contribution >= 4 is 0 Å². The van der Waals surface area contributed by atoms with E-state index in [1.54, 1.807) is 12.1 Å². The topological polar surface area (TPSA) is 59.6 Å². The second kappa shape index (κ2) is 4.00. The molecule has 0 radical (unpaired) electrons. The number of rotatable bonds is 2. The minimum Gasteiger partial charge on any atom is -0.319 e. The first-order valence-electron chi connectivity index (χ1n) is 3.48. The summed E-state index contributed by atoms with van der Waals surface area (Å²) in [6.07, 6.45) is 1.83. The van der Waals surface area contributed by atoms with Crippen molar-refractivity contribution < 1.29 is 0 Å². The van der Waals surface area contributed by atoms with Crippen molar-refractivity contribution in [3.8, 4) is 12.3 Å². The van der Waals surface area contributed by atoms with Gasteiger partial charge >= 0.3 is 0 Å². The van der Waals surface area contributed by atoms with E-state index in [1.807, 2.05) is 24.4 Å². The summed E-state index contributed by atoms with van der Waals surface area (Å²) in [7, 11) is 0. The lowest BCUT2D eigenvalue weighted by Gasteiger charge is -1.97. The fraction of sp³-hybridized carbons (Fsp3) is 0.111. The Morgan fingerprint density at radius 2 is 1.83 bits per heavy atom. The standard InChI is InChI=1S/C9H7N3/c10-5-8-1-3-9(4-2-8)6-12-7-11/h1-4,12H,6H2. The Balaban J connectivity index is 2.68. The fourth-order valence-electron chi connectivity index (χ4n) is 0.839. The Bertz CT molecular complexity index is 326. The van der Waals surface area contributed by atoms with Gasteiger partial charge < -0.3 is 5.32 Å². The summed E-state index contributed by atoms with van der Waals surface area (Å²) in [5.74, 6) is 0. The van der Waals surface area contributed by atoms with Crippen LogP contribution in [0.4, 0.5) is 0 Å². The van der Waals surface area contributed by atoms with Gasteiger partial charge in [0.05, 0.1) is 11.6 Å². The minimum atomic E-state index is 0.516. The number of nitrogens with one attached hydrogen (secondary N) is 1. The summed E-state index contributed by atoms with van der Waals surface area (Å²) in [4.78, 5) is 0. The third-order valence-corrected chi connectivity index (χ3v) is 1.45. The van der Waals surface area contributed by atoms with Crippen LogP contribution in [-0.2, 0) is 6.54 Å². The average Bonchev–Trinajstić information content (AvgIpc) is 2.15. The Morgan fingerprint density at radius 1 is 1.17 bits per heavy atom. The van der Waals surface area contributed by atoms with E-state index in [4.69, 9.17) is 10.5 Å². The van der Waals surface area contributed by atoms with Gasteiger partial charge in [-0.25, -0.2) is 0 Å². The van der Waals surface area contributed by atoms with Crippen LogP contribution >= 0.6 is 0 Å². The van der Waals surface area contributed by atoms with Crippen molar-refractivity contribution in [2.24, 2.45) is 0 Å². The quantitative estimate of drug-likeness (QED) is 0.517. The van der Waals surface area contributed by atoms with Gasteiger partial charge in [-0.2, -0.15) is 10.5 Å². The van der Waals surface area contributed by atoms with Crippen LogP contribution in [0.3, 0.4) is 0 Å². The number of nitriles is 2. The molecule has 0 fully saturated rings. The van der Waals surface area contributed by atoms with Gasteiger partial charge in [0.2, 0.25) is 0 Å². The first-order valence-corrected chi connectivity index (χ1v) is 3.48. The van der Waals surface area contributed by atoms with Crippen LogP contribution in [-0.4, -0.2) is 0 Å². The monoisotopic (exact) mass is 157 g/mol. The summed E-state index contributed by atoms with van der Waals surface area (Å²) in [5.41, 5.74) is 1.63.